The van der Waals surface area contributed by atoms with Gasteiger partial charge in [-0.15, -0.1) is 0 Å². The Labute approximate surface area is 97.0 Å². The predicted molar refractivity (Wildman–Crippen MR) is 60.6 cm³/mol. The van der Waals surface area contributed by atoms with E-state index in [1.165, 1.54) is 0 Å². The molecular weight excluding hydrogens is 204 g/mol. The molecule has 4 nitrogen and oxygen atoms in total. The molecule has 0 unspecified atom stereocenters. The van der Waals surface area contributed by atoms with Crippen LogP contribution in [0.4, 0.5) is 0 Å². The zero-order valence-electron chi connectivity index (χ0n) is 9.92. The summed E-state index contributed by atoms with van der Waals surface area (Å²) < 4.78 is 5.19. The number of nitrogens with zero attached hydrogens (tertiary/aromatic N) is 1. The number of carbonyl (C=O) groups excluding carboxylic acids is 1. The third-order valence-corrected chi connectivity index (χ3v) is 3.06. The van der Waals surface area contributed by atoms with Crippen LogP contribution in [0.1, 0.15) is 39.0 Å². The van der Waals surface area contributed by atoms with Crippen molar-refractivity contribution in [3.05, 3.63) is 0 Å². The topological polar surface area (TPSA) is 62.1 Å². The summed E-state index contributed by atoms with van der Waals surface area (Å²) in [6.45, 7) is 3.82. The first-order chi connectivity index (χ1) is 7.75. The minimum atomic E-state index is -0.843. The van der Waals surface area contributed by atoms with E-state index in [1.807, 2.05) is 0 Å². The highest BCUT2D eigenvalue weighted by atomic mass is 16.5. The second-order valence-electron chi connectivity index (χ2n) is 4.27. The first-order valence-corrected chi connectivity index (χ1v) is 6.02. The van der Waals surface area contributed by atoms with Crippen molar-refractivity contribution < 1.29 is 9.53 Å². The van der Waals surface area contributed by atoms with Crippen LogP contribution in [-0.4, -0.2) is 25.7 Å². The van der Waals surface area contributed by atoms with Gasteiger partial charge in [-0.3, -0.25) is 4.79 Å². The lowest BCUT2D eigenvalue weighted by atomic mass is 9.81. The summed E-state index contributed by atoms with van der Waals surface area (Å²) in [5.41, 5.74) is -0.843. The molecule has 1 saturated heterocycles. The van der Waals surface area contributed by atoms with Gasteiger partial charge in [-0.05, 0) is 19.3 Å². The van der Waals surface area contributed by atoms with Crippen molar-refractivity contribution in [1.29, 1.82) is 5.26 Å². The average molecular weight is 224 g/mol. The second kappa shape index (κ2) is 6.49. The molecule has 0 aromatic heterocycles. The van der Waals surface area contributed by atoms with Gasteiger partial charge in [0, 0.05) is 19.8 Å². The van der Waals surface area contributed by atoms with E-state index in [-0.39, 0.29) is 5.91 Å². The van der Waals surface area contributed by atoms with Crippen LogP contribution in [0.2, 0.25) is 0 Å². The van der Waals surface area contributed by atoms with Gasteiger partial charge < -0.3 is 10.1 Å². The maximum Gasteiger partial charge on any atom is 0.240 e. The zero-order chi connectivity index (χ0) is 11.9. The molecule has 4 heteroatoms. The molecule has 1 rings (SSSR count). The number of nitriles is 1. The third kappa shape index (κ3) is 3.21. The minimum absolute atomic E-state index is 0.116. The number of hydrogen-bond donors (Lipinski definition) is 1. The van der Waals surface area contributed by atoms with Gasteiger partial charge in [-0.1, -0.05) is 19.8 Å². The molecule has 0 bridgehead atoms. The number of unbranched alkanes of at least 4 members (excludes halogenated alkanes) is 2. The van der Waals surface area contributed by atoms with Crippen molar-refractivity contribution in [2.45, 2.75) is 39.0 Å². The maximum absolute atomic E-state index is 11.9. The molecule has 1 N–H and O–H groups in total. The van der Waals surface area contributed by atoms with Crippen molar-refractivity contribution in [2.75, 3.05) is 19.8 Å². The summed E-state index contributed by atoms with van der Waals surface area (Å²) in [6.07, 6.45) is 4.27. The van der Waals surface area contributed by atoms with Gasteiger partial charge in [0.2, 0.25) is 5.91 Å². The Kier molecular flexibility index (Phi) is 5.27. The molecule has 0 atom stereocenters. The third-order valence-electron chi connectivity index (χ3n) is 3.06. The summed E-state index contributed by atoms with van der Waals surface area (Å²) in [5.74, 6) is -0.116. The van der Waals surface area contributed by atoms with Crippen LogP contribution in [0.5, 0.6) is 0 Å². The van der Waals surface area contributed by atoms with Gasteiger partial charge in [0.15, 0.2) is 0 Å². The van der Waals surface area contributed by atoms with E-state index < -0.39 is 5.41 Å². The molecule has 0 saturated carbocycles. The largest absolute Gasteiger partial charge is 0.381 e. The highest BCUT2D eigenvalue weighted by molar-refractivity contribution is 5.85. The minimum Gasteiger partial charge on any atom is -0.381 e. The molecule has 0 aromatic carbocycles. The highest BCUT2D eigenvalue weighted by Gasteiger charge is 2.40. The Bertz CT molecular complexity index is 265. The van der Waals surface area contributed by atoms with Gasteiger partial charge in [0.25, 0.3) is 0 Å². The molecule has 1 fully saturated rings. The fraction of sp³-hybridized carbons (Fsp3) is 0.833. The summed E-state index contributed by atoms with van der Waals surface area (Å²) in [7, 11) is 0. The van der Waals surface area contributed by atoms with E-state index in [9.17, 15) is 4.79 Å². The fourth-order valence-corrected chi connectivity index (χ4v) is 1.86. The Hall–Kier alpha value is -1.08. The van der Waals surface area contributed by atoms with Gasteiger partial charge in [-0.25, -0.2) is 0 Å². The number of hydrogen-bond acceptors (Lipinski definition) is 3. The second-order valence-corrected chi connectivity index (χ2v) is 4.27. The van der Waals surface area contributed by atoms with Gasteiger partial charge in [0.1, 0.15) is 5.41 Å². The molecule has 0 aliphatic carbocycles. The summed E-state index contributed by atoms with van der Waals surface area (Å²) >= 11 is 0. The fourth-order valence-electron chi connectivity index (χ4n) is 1.86. The van der Waals surface area contributed by atoms with Crippen LogP contribution in [0.15, 0.2) is 0 Å². The monoisotopic (exact) mass is 224 g/mol. The van der Waals surface area contributed by atoms with E-state index >= 15 is 0 Å². The smallest absolute Gasteiger partial charge is 0.240 e. The lowest BCUT2D eigenvalue weighted by Gasteiger charge is -2.29. The molecule has 0 spiro atoms. The number of amides is 1. The van der Waals surface area contributed by atoms with Crippen LogP contribution in [0.25, 0.3) is 0 Å². The van der Waals surface area contributed by atoms with Gasteiger partial charge in [-0.2, -0.15) is 5.26 Å². The Morgan fingerprint density at radius 2 is 2.12 bits per heavy atom. The summed E-state index contributed by atoms with van der Waals surface area (Å²) in [5, 5.41) is 12.0. The number of carbonyl (C=O) groups is 1. The van der Waals surface area contributed by atoms with Crippen molar-refractivity contribution in [3.8, 4) is 6.07 Å². The van der Waals surface area contributed by atoms with E-state index in [2.05, 4.69) is 18.3 Å². The summed E-state index contributed by atoms with van der Waals surface area (Å²) in [4.78, 5) is 11.9. The van der Waals surface area contributed by atoms with Crippen LogP contribution < -0.4 is 5.32 Å². The standard InChI is InChI=1S/C12H20N2O2/c1-2-3-4-7-14-11(15)12(10-13)5-8-16-9-6-12/h2-9H2,1H3,(H,14,15). The number of nitrogens with one attached hydrogen (secondary N) is 1. The Balaban J connectivity index is 2.40. The Morgan fingerprint density at radius 1 is 1.44 bits per heavy atom. The first-order valence-electron chi connectivity index (χ1n) is 6.02. The Morgan fingerprint density at radius 3 is 2.69 bits per heavy atom. The van der Waals surface area contributed by atoms with Crippen LogP contribution in [-0.2, 0) is 9.53 Å². The molecular formula is C12H20N2O2. The van der Waals surface area contributed by atoms with Crippen molar-refractivity contribution >= 4 is 5.91 Å². The van der Waals surface area contributed by atoms with E-state index in [0.717, 1.165) is 19.3 Å². The highest BCUT2D eigenvalue weighted by Crippen LogP contribution is 2.29. The lowest BCUT2D eigenvalue weighted by molar-refractivity contribution is -0.132. The molecule has 16 heavy (non-hydrogen) atoms. The van der Waals surface area contributed by atoms with Crippen molar-refractivity contribution in [2.24, 2.45) is 5.41 Å². The van der Waals surface area contributed by atoms with Crippen LogP contribution >= 0.6 is 0 Å². The lowest BCUT2D eigenvalue weighted by Crippen LogP contribution is -2.44. The SMILES string of the molecule is CCCCCNC(=O)C1(C#N)CCOCC1. The molecule has 1 aliphatic heterocycles. The molecule has 0 radical (unpaired) electrons. The van der Waals surface area contributed by atoms with Crippen molar-refractivity contribution in [1.82, 2.24) is 5.32 Å². The molecule has 0 aromatic rings. The normalized spacial score (nSPS) is 18.8. The van der Waals surface area contributed by atoms with Crippen LogP contribution in [0, 0.1) is 16.7 Å². The van der Waals surface area contributed by atoms with Crippen LogP contribution in [0.3, 0.4) is 0 Å². The van der Waals surface area contributed by atoms with E-state index in [4.69, 9.17) is 10.00 Å². The maximum atomic E-state index is 11.9. The molecule has 1 aliphatic rings. The molecule has 90 valence electrons. The number of ether oxygens (including phenoxy) is 1. The van der Waals surface area contributed by atoms with E-state index in [0.29, 0.717) is 32.6 Å². The van der Waals surface area contributed by atoms with Crippen molar-refractivity contribution in [3.63, 3.8) is 0 Å². The molecule has 1 amide bonds. The van der Waals surface area contributed by atoms with Gasteiger partial charge in [0.05, 0.1) is 6.07 Å². The summed E-state index contributed by atoms with van der Waals surface area (Å²) in [6, 6.07) is 2.17. The first kappa shape index (κ1) is 13.0. The zero-order valence-corrected chi connectivity index (χ0v) is 9.92. The van der Waals surface area contributed by atoms with E-state index in [1.54, 1.807) is 0 Å². The average Bonchev–Trinajstić information content (AvgIpc) is 2.35. The molecule has 1 heterocycles. The predicted octanol–water partition coefficient (Wildman–Crippen LogP) is 1.61. The quantitative estimate of drug-likeness (QED) is 0.722. The number of rotatable bonds is 5. The van der Waals surface area contributed by atoms with Gasteiger partial charge >= 0.3 is 0 Å².